The van der Waals surface area contributed by atoms with Crippen LogP contribution in [0.4, 0.5) is 34.3 Å². The molecule has 2 aliphatic heterocycles. The third kappa shape index (κ3) is 6.92. The van der Waals surface area contributed by atoms with Crippen LogP contribution < -0.4 is 26.2 Å². The summed E-state index contributed by atoms with van der Waals surface area (Å²) in [6.07, 6.45) is 10.7. The van der Waals surface area contributed by atoms with E-state index in [0.717, 1.165) is 18.1 Å². The molecule has 1 saturated carbocycles. The average Bonchev–Trinajstić information content (AvgIpc) is 3.62. The molecule has 1 atom stereocenters. The van der Waals surface area contributed by atoms with Crippen LogP contribution in [-0.4, -0.2) is 6.71 Å². The lowest BCUT2D eigenvalue weighted by Crippen LogP contribution is -2.62. The minimum absolute atomic E-state index is 0.00280. The number of aryl methyl sites for hydroxylation is 1. The first-order valence-electron chi connectivity index (χ1n) is 26.9. The monoisotopic (exact) mass is 919 g/mol. The molecule has 362 valence electrons. The smallest absolute Gasteiger partial charge is 0.256 e. The molecule has 0 amide bonds. The van der Waals surface area contributed by atoms with E-state index >= 15 is 0 Å². The molecule has 5 aromatic rings. The van der Waals surface area contributed by atoms with Crippen LogP contribution in [0.5, 0.6) is 0 Å². The molecule has 69 heavy (non-hydrogen) atoms. The van der Waals surface area contributed by atoms with Crippen molar-refractivity contribution in [3.63, 3.8) is 0 Å². The molecule has 1 aromatic heterocycles. The molecule has 0 radical (unpaired) electrons. The van der Waals surface area contributed by atoms with Crippen LogP contribution in [-0.2, 0) is 38.9 Å². The second-order valence-corrected chi connectivity index (χ2v) is 29.1. The van der Waals surface area contributed by atoms with E-state index in [0.29, 0.717) is 5.92 Å². The summed E-state index contributed by atoms with van der Waals surface area (Å²) in [6, 6.07) is 25.4. The van der Waals surface area contributed by atoms with Crippen LogP contribution in [0.2, 0.25) is 0 Å². The summed E-state index contributed by atoms with van der Waals surface area (Å²) < 4.78 is 7.73. The molecule has 1 fully saturated rings. The fraction of sp³-hybridized carbons (Fsp3) is 0.538. The van der Waals surface area contributed by atoms with E-state index in [9.17, 15) is 0 Å². The zero-order valence-corrected chi connectivity index (χ0v) is 46.3. The Balaban J connectivity index is 1.29. The van der Waals surface area contributed by atoms with Gasteiger partial charge in [0.2, 0.25) is 5.88 Å². The minimum Gasteiger partial charge on any atom is -0.441 e. The van der Waals surface area contributed by atoms with Gasteiger partial charge in [0.1, 0.15) is 5.76 Å². The molecule has 0 N–H and O–H groups in total. The van der Waals surface area contributed by atoms with Gasteiger partial charge < -0.3 is 9.32 Å². The lowest BCUT2D eigenvalue weighted by Gasteiger charge is -2.50. The summed E-state index contributed by atoms with van der Waals surface area (Å²) in [5.41, 5.74) is 24.1. The lowest BCUT2D eigenvalue weighted by molar-refractivity contribution is 0.123. The van der Waals surface area contributed by atoms with Crippen LogP contribution in [0.3, 0.4) is 0 Å². The molecule has 4 heteroatoms. The molecule has 0 bridgehead atoms. The van der Waals surface area contributed by atoms with Gasteiger partial charge in [-0.25, -0.2) is 0 Å². The van der Waals surface area contributed by atoms with Crippen molar-refractivity contribution in [2.45, 2.75) is 209 Å². The van der Waals surface area contributed by atoms with E-state index in [2.05, 4.69) is 208 Å². The highest BCUT2D eigenvalue weighted by Crippen LogP contribution is 2.58. The van der Waals surface area contributed by atoms with Gasteiger partial charge in [0, 0.05) is 28.4 Å². The SMILES string of the molecule is Cc1cc(C(C)(C)C)ccc1N1c2cc3c(cc2B2c4c1cc(C(C)(C)C)cc4N(c1ccc4c(c1)C(C)(C)CCC4(C)C)c1oc4c(c12)CC1C(=C4)C(C)(C)CCC1(C)C)C(C)(C)CCC3(C)C. The number of nitrogens with zero attached hydrogens (tertiary/aromatic N) is 2. The Hall–Kier alpha value is -4.44. The van der Waals surface area contributed by atoms with E-state index in [1.165, 1.54) is 128 Å². The summed E-state index contributed by atoms with van der Waals surface area (Å²) in [4.78, 5) is 5.33. The third-order valence-corrected chi connectivity index (χ3v) is 19.5. The fourth-order valence-corrected chi connectivity index (χ4v) is 14.2. The topological polar surface area (TPSA) is 19.6 Å². The molecule has 1 unspecified atom stereocenters. The maximum Gasteiger partial charge on any atom is 0.256 e. The zero-order chi connectivity index (χ0) is 49.7. The first-order valence-corrected chi connectivity index (χ1v) is 26.9. The molecule has 3 nitrogen and oxygen atoms in total. The predicted molar refractivity (Wildman–Crippen MR) is 297 cm³/mol. The summed E-state index contributed by atoms with van der Waals surface area (Å²) >= 11 is 0. The van der Waals surface area contributed by atoms with E-state index in [-0.39, 0.29) is 50.0 Å². The van der Waals surface area contributed by atoms with Crippen molar-refractivity contribution < 1.29 is 4.42 Å². The van der Waals surface area contributed by atoms with E-state index in [4.69, 9.17) is 4.42 Å². The number of benzene rings is 4. The number of rotatable bonds is 2. The summed E-state index contributed by atoms with van der Waals surface area (Å²) in [7, 11) is 0. The normalized spacial score (nSPS) is 22.9. The van der Waals surface area contributed by atoms with Crippen LogP contribution >= 0.6 is 0 Å². The van der Waals surface area contributed by atoms with Gasteiger partial charge in [-0.15, -0.1) is 0 Å². The minimum atomic E-state index is -0.118. The Kier molecular flexibility index (Phi) is 9.77. The number of anilines is 6. The maximum atomic E-state index is 7.73. The Morgan fingerprint density at radius 3 is 1.67 bits per heavy atom. The van der Waals surface area contributed by atoms with Crippen molar-refractivity contribution >= 4 is 63.5 Å². The largest absolute Gasteiger partial charge is 0.441 e. The molecule has 6 aliphatic rings. The third-order valence-electron chi connectivity index (χ3n) is 19.5. The van der Waals surface area contributed by atoms with Gasteiger partial charge in [-0.05, 0) is 204 Å². The van der Waals surface area contributed by atoms with Crippen molar-refractivity contribution in [1.82, 2.24) is 0 Å². The highest BCUT2D eigenvalue weighted by molar-refractivity contribution is 7.00. The second kappa shape index (κ2) is 14.4. The van der Waals surface area contributed by atoms with Crippen LogP contribution in [0.1, 0.15) is 213 Å². The van der Waals surface area contributed by atoms with Crippen molar-refractivity contribution in [2.75, 3.05) is 9.80 Å². The quantitative estimate of drug-likeness (QED) is 0.161. The van der Waals surface area contributed by atoms with Gasteiger partial charge >= 0.3 is 0 Å². The second-order valence-electron chi connectivity index (χ2n) is 29.1. The van der Waals surface area contributed by atoms with Crippen molar-refractivity contribution in [1.29, 1.82) is 0 Å². The summed E-state index contributed by atoms with van der Waals surface area (Å²) in [6.45, 7) is 46.5. The predicted octanol–water partition coefficient (Wildman–Crippen LogP) is 16.4. The molecule has 3 heterocycles. The Morgan fingerprint density at radius 1 is 0.522 bits per heavy atom. The van der Waals surface area contributed by atoms with Gasteiger partial charge in [-0.3, -0.25) is 4.90 Å². The Labute approximate surface area is 418 Å². The molecule has 11 rings (SSSR count). The number of fused-ring (bicyclic) bond motifs is 9. The molecular weight excluding hydrogens is 836 g/mol. The highest BCUT2D eigenvalue weighted by atomic mass is 16.4. The van der Waals surface area contributed by atoms with E-state index in [1.54, 1.807) is 5.57 Å². The number of hydrogen-bond donors (Lipinski definition) is 0. The fourth-order valence-electron chi connectivity index (χ4n) is 14.2. The number of allylic oxidation sites excluding steroid dienone is 1. The van der Waals surface area contributed by atoms with Gasteiger partial charge in [-0.2, -0.15) is 0 Å². The zero-order valence-electron chi connectivity index (χ0n) is 46.3. The van der Waals surface area contributed by atoms with Crippen LogP contribution in [0.25, 0.3) is 6.08 Å². The van der Waals surface area contributed by atoms with E-state index in [1.807, 2.05) is 0 Å². The molecular formula is C65H83BN2O. The Bertz CT molecular complexity index is 3040. The van der Waals surface area contributed by atoms with Crippen molar-refractivity contribution in [3.05, 3.63) is 117 Å². The molecule has 0 spiro atoms. The Morgan fingerprint density at radius 2 is 1.07 bits per heavy atom. The summed E-state index contributed by atoms with van der Waals surface area (Å²) in [5, 5.41) is 0. The van der Waals surface area contributed by atoms with Crippen molar-refractivity contribution in [3.8, 4) is 0 Å². The maximum absolute atomic E-state index is 7.73. The number of hydrogen-bond acceptors (Lipinski definition) is 3. The molecule has 0 saturated heterocycles. The lowest BCUT2D eigenvalue weighted by atomic mass is 9.32. The standard InChI is InChI=1S/C65H83BN2O/c1-38-30-39(58(2,3)4)20-23-50(38)68-51-36-47-46(63(14,15)27-28-64(47,16)17)35-49(51)66-55-42-34-45-48(65(18,19)29-26-62(45,12)13)37-54(42)69-57(55)67(52-31-40(59(5,6)7)32-53(68)56(52)66)41-21-22-43-44(33-41)61(10,11)25-24-60(43,8)9/h20-23,30-33,35-37,45H,24-29,34H2,1-19H3. The van der Waals surface area contributed by atoms with E-state index < -0.39 is 0 Å². The summed E-state index contributed by atoms with van der Waals surface area (Å²) in [5.74, 6) is 2.56. The van der Waals surface area contributed by atoms with Crippen molar-refractivity contribution in [2.24, 2.45) is 16.7 Å². The van der Waals surface area contributed by atoms with Crippen LogP contribution in [0, 0.1) is 23.7 Å². The van der Waals surface area contributed by atoms with Gasteiger partial charge in [-0.1, -0.05) is 154 Å². The first kappa shape index (κ1) is 46.9. The molecule has 4 aromatic carbocycles. The van der Waals surface area contributed by atoms with Gasteiger partial charge in [0.05, 0.1) is 0 Å². The van der Waals surface area contributed by atoms with Gasteiger partial charge in [0.25, 0.3) is 6.71 Å². The highest BCUT2D eigenvalue weighted by Gasteiger charge is 2.53. The number of furan rings is 1. The van der Waals surface area contributed by atoms with Gasteiger partial charge in [0.15, 0.2) is 0 Å². The molecule has 4 aliphatic carbocycles. The average molecular weight is 919 g/mol. The van der Waals surface area contributed by atoms with Crippen LogP contribution in [0.15, 0.2) is 70.7 Å². The first-order chi connectivity index (χ1) is 31.8.